The zero-order valence-corrected chi connectivity index (χ0v) is 15.8. The van der Waals surface area contributed by atoms with E-state index in [1.807, 2.05) is 12.3 Å². The lowest BCUT2D eigenvalue weighted by Crippen LogP contribution is -2.45. The van der Waals surface area contributed by atoms with Gasteiger partial charge in [-0.15, -0.1) is 0 Å². The van der Waals surface area contributed by atoms with Gasteiger partial charge in [-0.05, 0) is 49.4 Å². The van der Waals surface area contributed by atoms with E-state index in [0.29, 0.717) is 0 Å². The lowest BCUT2D eigenvalue weighted by molar-refractivity contribution is 0.0225. The smallest absolute Gasteiger partial charge is 0.0746 e. The van der Waals surface area contributed by atoms with Crippen molar-refractivity contribution in [3.63, 3.8) is 0 Å². The quantitative estimate of drug-likeness (QED) is 0.706. The average Bonchev–Trinajstić information content (AvgIpc) is 2.74. The molecule has 0 amide bonds. The van der Waals surface area contributed by atoms with Crippen molar-refractivity contribution in [3.05, 3.63) is 78.0 Å². The van der Waals surface area contributed by atoms with Crippen LogP contribution in [0.15, 0.2) is 66.9 Å². The van der Waals surface area contributed by atoms with Crippen LogP contribution < -0.4 is 0 Å². The first-order valence-corrected chi connectivity index (χ1v) is 9.98. The van der Waals surface area contributed by atoms with Crippen LogP contribution in [0.3, 0.4) is 0 Å². The lowest BCUT2D eigenvalue weighted by atomic mass is 9.76. The Hall–Kier alpha value is -2.23. The molecule has 0 unspecified atom stereocenters. The Morgan fingerprint density at radius 2 is 1.85 bits per heavy atom. The molecule has 0 aliphatic carbocycles. The summed E-state index contributed by atoms with van der Waals surface area (Å²) in [5.41, 5.74) is 3.75. The van der Waals surface area contributed by atoms with Crippen LogP contribution in [0.25, 0.3) is 10.9 Å². The van der Waals surface area contributed by atoms with E-state index in [9.17, 15) is 5.11 Å². The standard InChI is InChI=1S/C24H28N2O/c27-19-24(14-12-20-7-2-1-3-8-20)13-6-16-26(18-24)17-22-10-4-9-21-11-5-15-25-23(21)22/h1-5,7-11,15,27H,6,12-14,16-19H2/t24-/m0/s1. The number of rotatable bonds is 6. The van der Waals surface area contributed by atoms with E-state index in [1.54, 1.807) is 0 Å². The molecule has 3 nitrogen and oxygen atoms in total. The molecule has 2 heterocycles. The molecule has 0 spiro atoms. The zero-order chi connectivity index (χ0) is 18.5. The molecule has 140 valence electrons. The van der Waals surface area contributed by atoms with Crippen LogP contribution in [0.5, 0.6) is 0 Å². The van der Waals surface area contributed by atoms with E-state index in [0.717, 1.165) is 50.8 Å². The second-order valence-electron chi connectivity index (χ2n) is 7.95. The number of hydrogen-bond acceptors (Lipinski definition) is 3. The summed E-state index contributed by atoms with van der Waals surface area (Å²) in [5.74, 6) is 0. The van der Waals surface area contributed by atoms with Gasteiger partial charge in [-0.3, -0.25) is 9.88 Å². The Morgan fingerprint density at radius 3 is 2.70 bits per heavy atom. The van der Waals surface area contributed by atoms with Crippen LogP contribution in [-0.4, -0.2) is 34.7 Å². The molecular formula is C24H28N2O. The number of aryl methyl sites for hydroxylation is 1. The minimum Gasteiger partial charge on any atom is -0.396 e. The molecule has 1 atom stereocenters. The third-order valence-corrected chi connectivity index (χ3v) is 5.97. The maximum Gasteiger partial charge on any atom is 0.0746 e. The third-order valence-electron chi connectivity index (χ3n) is 5.97. The molecule has 1 N–H and O–H groups in total. The second kappa shape index (κ2) is 8.20. The molecule has 0 bridgehead atoms. The van der Waals surface area contributed by atoms with Gasteiger partial charge in [0.15, 0.2) is 0 Å². The minimum atomic E-state index is 0.00606. The first kappa shape index (κ1) is 18.1. The lowest BCUT2D eigenvalue weighted by Gasteiger charge is -2.42. The number of piperidine rings is 1. The number of aromatic nitrogens is 1. The largest absolute Gasteiger partial charge is 0.396 e. The van der Waals surface area contributed by atoms with Crippen molar-refractivity contribution in [2.24, 2.45) is 5.41 Å². The van der Waals surface area contributed by atoms with E-state index >= 15 is 0 Å². The number of likely N-dealkylation sites (tertiary alicyclic amines) is 1. The predicted molar refractivity (Wildman–Crippen MR) is 111 cm³/mol. The van der Waals surface area contributed by atoms with E-state index in [4.69, 9.17) is 0 Å². The fourth-order valence-electron chi connectivity index (χ4n) is 4.45. The fourth-order valence-corrected chi connectivity index (χ4v) is 4.45. The number of nitrogens with zero attached hydrogens (tertiary/aromatic N) is 2. The minimum absolute atomic E-state index is 0.00606. The highest BCUT2D eigenvalue weighted by molar-refractivity contribution is 5.81. The number of aliphatic hydroxyl groups excluding tert-OH is 1. The molecule has 0 radical (unpaired) electrons. The maximum absolute atomic E-state index is 10.2. The topological polar surface area (TPSA) is 36.4 Å². The Kier molecular flexibility index (Phi) is 5.51. The van der Waals surface area contributed by atoms with Crippen molar-refractivity contribution in [1.82, 2.24) is 9.88 Å². The Morgan fingerprint density at radius 1 is 1.00 bits per heavy atom. The van der Waals surface area contributed by atoms with Gasteiger partial charge in [-0.25, -0.2) is 0 Å². The van der Waals surface area contributed by atoms with Gasteiger partial charge < -0.3 is 5.11 Å². The van der Waals surface area contributed by atoms with Gasteiger partial charge in [0.2, 0.25) is 0 Å². The average molecular weight is 361 g/mol. The van der Waals surface area contributed by atoms with Crippen LogP contribution >= 0.6 is 0 Å². The summed E-state index contributed by atoms with van der Waals surface area (Å²) in [7, 11) is 0. The Labute approximate surface area is 161 Å². The van der Waals surface area contributed by atoms with E-state index in [2.05, 4.69) is 64.5 Å². The molecular weight excluding hydrogens is 332 g/mol. The first-order valence-electron chi connectivity index (χ1n) is 9.98. The molecule has 4 rings (SSSR count). The third kappa shape index (κ3) is 4.20. The number of para-hydroxylation sites is 1. The summed E-state index contributed by atoms with van der Waals surface area (Å²) in [5, 5.41) is 11.4. The van der Waals surface area contributed by atoms with Crippen molar-refractivity contribution in [2.75, 3.05) is 19.7 Å². The summed E-state index contributed by atoms with van der Waals surface area (Å²) in [4.78, 5) is 7.11. The number of hydrogen-bond donors (Lipinski definition) is 1. The molecule has 1 fully saturated rings. The van der Waals surface area contributed by atoms with E-state index in [1.165, 1.54) is 16.5 Å². The molecule has 1 aromatic heterocycles. The van der Waals surface area contributed by atoms with Crippen molar-refractivity contribution < 1.29 is 5.11 Å². The summed E-state index contributed by atoms with van der Waals surface area (Å²) in [6.07, 6.45) is 6.21. The highest BCUT2D eigenvalue weighted by Gasteiger charge is 2.34. The molecule has 3 aromatic rings. The van der Waals surface area contributed by atoms with Gasteiger partial charge in [0.25, 0.3) is 0 Å². The summed E-state index contributed by atoms with van der Waals surface area (Å²) in [6, 6.07) is 21.2. The highest BCUT2D eigenvalue weighted by Crippen LogP contribution is 2.35. The van der Waals surface area contributed by atoms with Gasteiger partial charge in [0.1, 0.15) is 0 Å². The van der Waals surface area contributed by atoms with Crippen molar-refractivity contribution in [3.8, 4) is 0 Å². The molecule has 1 aliphatic rings. The molecule has 2 aromatic carbocycles. The number of fused-ring (bicyclic) bond motifs is 1. The van der Waals surface area contributed by atoms with E-state index < -0.39 is 0 Å². The summed E-state index contributed by atoms with van der Waals surface area (Å²) in [6.45, 7) is 3.22. The van der Waals surface area contributed by atoms with Gasteiger partial charge in [0, 0.05) is 36.7 Å². The molecule has 1 saturated heterocycles. The Balaban J connectivity index is 1.47. The van der Waals surface area contributed by atoms with Gasteiger partial charge >= 0.3 is 0 Å². The summed E-state index contributed by atoms with van der Waals surface area (Å²) < 4.78 is 0. The number of aliphatic hydroxyl groups is 1. The van der Waals surface area contributed by atoms with Gasteiger partial charge in [0.05, 0.1) is 5.52 Å². The number of benzene rings is 2. The van der Waals surface area contributed by atoms with Crippen LogP contribution in [0.2, 0.25) is 0 Å². The van der Waals surface area contributed by atoms with Crippen molar-refractivity contribution in [1.29, 1.82) is 0 Å². The normalized spacial score (nSPS) is 20.8. The van der Waals surface area contributed by atoms with Crippen LogP contribution in [0.4, 0.5) is 0 Å². The highest BCUT2D eigenvalue weighted by atomic mass is 16.3. The second-order valence-corrected chi connectivity index (χ2v) is 7.95. The fraction of sp³-hybridized carbons (Fsp3) is 0.375. The SMILES string of the molecule is OC[C@]1(CCc2ccccc2)CCCN(Cc2cccc3cccnc23)C1. The van der Waals surface area contributed by atoms with Gasteiger partial charge in [-0.1, -0.05) is 54.6 Å². The first-order chi connectivity index (χ1) is 13.3. The van der Waals surface area contributed by atoms with E-state index in [-0.39, 0.29) is 12.0 Å². The molecule has 0 saturated carbocycles. The Bertz CT molecular complexity index is 874. The molecule has 1 aliphatic heterocycles. The molecule has 27 heavy (non-hydrogen) atoms. The van der Waals surface area contributed by atoms with Crippen LogP contribution in [0, 0.1) is 5.41 Å². The van der Waals surface area contributed by atoms with Gasteiger partial charge in [-0.2, -0.15) is 0 Å². The zero-order valence-electron chi connectivity index (χ0n) is 15.8. The van der Waals surface area contributed by atoms with Crippen LogP contribution in [-0.2, 0) is 13.0 Å². The number of pyridine rings is 1. The molecule has 3 heteroatoms. The van der Waals surface area contributed by atoms with Crippen molar-refractivity contribution in [2.45, 2.75) is 32.2 Å². The van der Waals surface area contributed by atoms with Crippen LogP contribution in [0.1, 0.15) is 30.4 Å². The predicted octanol–water partition coefficient (Wildman–Crippen LogP) is 4.44. The monoisotopic (exact) mass is 360 g/mol. The maximum atomic E-state index is 10.2. The summed E-state index contributed by atoms with van der Waals surface area (Å²) >= 11 is 0. The van der Waals surface area contributed by atoms with Crippen molar-refractivity contribution >= 4 is 10.9 Å².